The molecule has 3 rings (SSSR count). The van der Waals surface area contributed by atoms with Crippen LogP contribution in [0.2, 0.25) is 0 Å². The van der Waals surface area contributed by atoms with E-state index >= 15 is 0 Å². The van der Waals surface area contributed by atoms with Crippen LogP contribution in [0.4, 0.5) is 0 Å². The summed E-state index contributed by atoms with van der Waals surface area (Å²) in [6, 6.07) is 12.1. The second-order valence-corrected chi connectivity index (χ2v) is 3.21. The van der Waals surface area contributed by atoms with Crippen molar-refractivity contribution >= 4 is 21.8 Å². The van der Waals surface area contributed by atoms with Crippen LogP contribution in [0, 0.1) is 0 Å². The van der Waals surface area contributed by atoms with Crippen LogP contribution in [0.5, 0.6) is 0 Å². The van der Waals surface area contributed by atoms with Crippen LogP contribution in [-0.2, 0) is 0 Å². The fraction of sp³-hybridized carbons (Fsp3) is 0. The Kier molecular flexibility index (Phi) is 1.47. The number of hydrogen-bond acceptors (Lipinski definition) is 2. The molecule has 0 radical (unpaired) electrons. The summed E-state index contributed by atoms with van der Waals surface area (Å²) in [5.41, 5.74) is 2.03. The Bertz CT molecular complexity index is 602. The molecular weight excluding hydrogens is 172 g/mol. The van der Waals surface area contributed by atoms with E-state index in [0.717, 1.165) is 21.8 Å². The lowest BCUT2D eigenvalue weighted by Gasteiger charge is -1.92. The Labute approximate surface area is 81.2 Å². The van der Waals surface area contributed by atoms with Crippen LogP contribution in [0.25, 0.3) is 21.8 Å². The first-order chi connectivity index (χ1) is 6.95. The summed E-state index contributed by atoms with van der Waals surface area (Å²) in [6.07, 6.45) is 3.63. The van der Waals surface area contributed by atoms with Gasteiger partial charge in [-0.2, -0.15) is 0 Å². The fourth-order valence-electron chi connectivity index (χ4n) is 1.69. The molecule has 14 heavy (non-hydrogen) atoms. The molecule has 2 aromatic heterocycles. The molecule has 2 heteroatoms. The molecule has 0 saturated heterocycles. The van der Waals surface area contributed by atoms with Gasteiger partial charge in [0.2, 0.25) is 0 Å². The molecule has 0 N–H and O–H groups in total. The first-order valence-electron chi connectivity index (χ1n) is 4.53. The Morgan fingerprint density at radius 3 is 2.79 bits per heavy atom. The van der Waals surface area contributed by atoms with Crippen molar-refractivity contribution in [2.45, 2.75) is 0 Å². The predicted octanol–water partition coefficient (Wildman–Crippen LogP) is 2.78. The molecule has 0 fully saturated rings. The highest BCUT2D eigenvalue weighted by Gasteiger charge is 2.00. The fourth-order valence-corrected chi connectivity index (χ4v) is 1.69. The van der Waals surface area contributed by atoms with Crippen LogP contribution in [0.15, 0.2) is 48.8 Å². The van der Waals surface area contributed by atoms with Gasteiger partial charge in [-0.15, -0.1) is 0 Å². The van der Waals surface area contributed by atoms with E-state index in [-0.39, 0.29) is 0 Å². The minimum absolute atomic E-state index is 1.01. The predicted molar refractivity (Wildman–Crippen MR) is 57.0 cm³/mol. The molecular formula is C12H8N2. The highest BCUT2D eigenvalue weighted by Crippen LogP contribution is 2.21. The van der Waals surface area contributed by atoms with E-state index in [2.05, 4.69) is 22.1 Å². The van der Waals surface area contributed by atoms with Crippen molar-refractivity contribution < 1.29 is 0 Å². The van der Waals surface area contributed by atoms with Gasteiger partial charge in [-0.1, -0.05) is 18.2 Å². The maximum absolute atomic E-state index is 4.40. The van der Waals surface area contributed by atoms with Crippen molar-refractivity contribution in [3.63, 3.8) is 0 Å². The maximum Gasteiger partial charge on any atom is 0.0796 e. The summed E-state index contributed by atoms with van der Waals surface area (Å²) < 4.78 is 0. The van der Waals surface area contributed by atoms with E-state index in [4.69, 9.17) is 0 Å². The van der Waals surface area contributed by atoms with Gasteiger partial charge in [0.25, 0.3) is 0 Å². The van der Waals surface area contributed by atoms with Crippen molar-refractivity contribution in [3.8, 4) is 0 Å². The number of aromatic nitrogens is 2. The zero-order valence-corrected chi connectivity index (χ0v) is 7.51. The molecule has 2 heterocycles. The number of fused-ring (bicyclic) bond motifs is 3. The number of rotatable bonds is 0. The summed E-state index contributed by atoms with van der Waals surface area (Å²) in [5.74, 6) is 0. The standard InChI is InChI=1S/C12H8N2/c1-2-7-14-12-9(3-1)4-5-11-10(12)6-8-13-11/h1-8H. The molecule has 1 aromatic carbocycles. The summed E-state index contributed by atoms with van der Waals surface area (Å²) >= 11 is 0. The van der Waals surface area contributed by atoms with Crippen LogP contribution in [-0.4, -0.2) is 9.97 Å². The Hall–Kier alpha value is -1.96. The van der Waals surface area contributed by atoms with E-state index < -0.39 is 0 Å². The van der Waals surface area contributed by atoms with E-state index in [0.29, 0.717) is 0 Å². The van der Waals surface area contributed by atoms with Gasteiger partial charge in [0.1, 0.15) is 0 Å². The monoisotopic (exact) mass is 180 g/mol. The lowest BCUT2D eigenvalue weighted by Crippen LogP contribution is -1.73. The summed E-state index contributed by atoms with van der Waals surface area (Å²) in [5, 5.41) is 2.27. The highest BCUT2D eigenvalue weighted by molar-refractivity contribution is 6.03. The average Bonchev–Trinajstić information content (AvgIpc) is 2.55. The van der Waals surface area contributed by atoms with Crippen LogP contribution in [0.1, 0.15) is 0 Å². The molecule has 0 saturated carbocycles. The van der Waals surface area contributed by atoms with Crippen molar-refractivity contribution in [2.24, 2.45) is 0 Å². The number of benzene rings is 1. The normalized spacial score (nSPS) is 10.9. The van der Waals surface area contributed by atoms with Gasteiger partial charge in [0.05, 0.1) is 11.0 Å². The molecule has 0 spiro atoms. The zero-order valence-electron chi connectivity index (χ0n) is 7.51. The number of nitrogens with zero attached hydrogens (tertiary/aromatic N) is 2. The molecule has 3 aromatic rings. The summed E-state index contributed by atoms with van der Waals surface area (Å²) in [7, 11) is 0. The topological polar surface area (TPSA) is 25.8 Å². The Balaban J connectivity index is 2.64. The third kappa shape index (κ3) is 0.973. The van der Waals surface area contributed by atoms with Gasteiger partial charge in [-0.25, -0.2) is 0 Å². The van der Waals surface area contributed by atoms with E-state index in [9.17, 15) is 0 Å². The van der Waals surface area contributed by atoms with Crippen LogP contribution < -0.4 is 0 Å². The molecule has 2 nitrogen and oxygen atoms in total. The average molecular weight is 180 g/mol. The van der Waals surface area contributed by atoms with E-state index in [1.165, 1.54) is 0 Å². The molecule has 0 amide bonds. The molecule has 0 aliphatic rings. The lowest BCUT2D eigenvalue weighted by molar-refractivity contribution is 1.45. The number of hydrogen-bond donors (Lipinski definition) is 0. The molecule has 0 atom stereocenters. The first kappa shape index (κ1) is 7.44. The second kappa shape index (κ2) is 2.77. The third-order valence-electron chi connectivity index (χ3n) is 2.36. The van der Waals surface area contributed by atoms with Crippen molar-refractivity contribution in [3.05, 3.63) is 48.8 Å². The van der Waals surface area contributed by atoms with Gasteiger partial charge in [0, 0.05) is 23.2 Å². The van der Waals surface area contributed by atoms with Crippen molar-refractivity contribution in [2.75, 3.05) is 0 Å². The molecule has 0 aliphatic carbocycles. The van der Waals surface area contributed by atoms with Crippen LogP contribution >= 0.6 is 0 Å². The molecule has 0 aliphatic heterocycles. The smallest absolute Gasteiger partial charge is 0.0796 e. The van der Waals surface area contributed by atoms with E-state index in [1.807, 2.05) is 36.7 Å². The van der Waals surface area contributed by atoms with Gasteiger partial charge < -0.3 is 0 Å². The van der Waals surface area contributed by atoms with Gasteiger partial charge in [-0.3, -0.25) is 9.97 Å². The zero-order chi connectivity index (χ0) is 9.38. The third-order valence-corrected chi connectivity index (χ3v) is 2.36. The maximum atomic E-state index is 4.40. The second-order valence-electron chi connectivity index (χ2n) is 3.21. The minimum atomic E-state index is 1.01. The van der Waals surface area contributed by atoms with Gasteiger partial charge in [0.15, 0.2) is 0 Å². The summed E-state index contributed by atoms with van der Waals surface area (Å²) in [6.45, 7) is 0. The quantitative estimate of drug-likeness (QED) is 0.531. The first-order valence-corrected chi connectivity index (χ1v) is 4.53. The summed E-state index contributed by atoms with van der Waals surface area (Å²) in [4.78, 5) is 8.65. The van der Waals surface area contributed by atoms with Gasteiger partial charge in [-0.05, 0) is 18.2 Å². The Morgan fingerprint density at radius 1 is 0.786 bits per heavy atom. The van der Waals surface area contributed by atoms with Crippen molar-refractivity contribution in [1.82, 2.24) is 9.97 Å². The molecule has 0 unspecified atom stereocenters. The van der Waals surface area contributed by atoms with Crippen LogP contribution in [0.3, 0.4) is 0 Å². The minimum Gasteiger partial charge on any atom is -0.256 e. The largest absolute Gasteiger partial charge is 0.256 e. The molecule has 0 bridgehead atoms. The van der Waals surface area contributed by atoms with E-state index in [1.54, 1.807) is 0 Å². The molecule has 66 valence electrons. The highest BCUT2D eigenvalue weighted by atomic mass is 14.7. The lowest BCUT2D eigenvalue weighted by atomic mass is 10.2. The van der Waals surface area contributed by atoms with Gasteiger partial charge >= 0.3 is 0 Å². The SMILES string of the molecule is c1ccc2ccc3nccc3c2nc1. The van der Waals surface area contributed by atoms with Crippen molar-refractivity contribution in [1.29, 1.82) is 0 Å². The Morgan fingerprint density at radius 2 is 1.79 bits per heavy atom.